The van der Waals surface area contributed by atoms with Gasteiger partial charge in [0.05, 0.1) is 0 Å². The Bertz CT molecular complexity index is 515. The predicted octanol–water partition coefficient (Wildman–Crippen LogP) is 1.25. The monoisotopic (exact) mass is 202 g/mol. The lowest BCUT2D eigenvalue weighted by Crippen LogP contribution is -2.26. The number of aromatic nitrogens is 3. The Morgan fingerprint density at radius 1 is 1.47 bits per heavy atom. The number of nitrogens with zero attached hydrogens (tertiary/aromatic N) is 3. The zero-order valence-electron chi connectivity index (χ0n) is 9.04. The van der Waals surface area contributed by atoms with E-state index < -0.39 is 0 Å². The summed E-state index contributed by atoms with van der Waals surface area (Å²) in [5.74, 6) is 0.828. The second kappa shape index (κ2) is 3.03. The highest BCUT2D eigenvalue weighted by atomic mass is 15.1. The van der Waals surface area contributed by atoms with Crippen LogP contribution in [0.3, 0.4) is 0 Å². The number of likely N-dealkylation sites (N-methyl/N-ethyl adjacent to an activating group) is 1. The molecule has 0 aliphatic carbocycles. The van der Waals surface area contributed by atoms with Crippen molar-refractivity contribution in [2.75, 3.05) is 13.6 Å². The van der Waals surface area contributed by atoms with E-state index >= 15 is 0 Å². The van der Waals surface area contributed by atoms with Gasteiger partial charge in [-0.3, -0.25) is 0 Å². The molecule has 3 heterocycles. The molecule has 3 rings (SSSR count). The third kappa shape index (κ3) is 1.33. The van der Waals surface area contributed by atoms with Gasteiger partial charge >= 0.3 is 0 Å². The lowest BCUT2D eigenvalue weighted by molar-refractivity contribution is 0.310. The SMILES string of the molecule is Cc1ncc2c3c([nH]c2n1)CN(C)CC3. The van der Waals surface area contributed by atoms with Gasteiger partial charge in [-0.05, 0) is 26.0 Å². The van der Waals surface area contributed by atoms with Crippen molar-refractivity contribution < 1.29 is 0 Å². The zero-order chi connectivity index (χ0) is 10.4. The molecule has 0 saturated carbocycles. The fourth-order valence-corrected chi connectivity index (χ4v) is 2.24. The fraction of sp³-hybridized carbons (Fsp3) is 0.455. The molecular formula is C11H14N4. The molecule has 4 heteroatoms. The van der Waals surface area contributed by atoms with Crippen LogP contribution in [0.5, 0.6) is 0 Å². The maximum Gasteiger partial charge on any atom is 0.141 e. The number of hydrogen-bond acceptors (Lipinski definition) is 3. The molecule has 0 bridgehead atoms. The Balaban J connectivity index is 2.23. The molecule has 0 aromatic carbocycles. The van der Waals surface area contributed by atoms with Crippen LogP contribution in [0.1, 0.15) is 17.1 Å². The third-order valence-corrected chi connectivity index (χ3v) is 3.04. The predicted molar refractivity (Wildman–Crippen MR) is 58.7 cm³/mol. The molecule has 1 aliphatic rings. The minimum absolute atomic E-state index is 0.828. The molecular weight excluding hydrogens is 188 g/mol. The normalized spacial score (nSPS) is 16.9. The number of H-pyrrole nitrogens is 1. The van der Waals surface area contributed by atoms with E-state index in [0.29, 0.717) is 0 Å². The average molecular weight is 202 g/mol. The minimum Gasteiger partial charge on any atom is -0.342 e. The number of fused-ring (bicyclic) bond motifs is 3. The number of rotatable bonds is 0. The smallest absolute Gasteiger partial charge is 0.141 e. The number of aryl methyl sites for hydroxylation is 1. The lowest BCUT2D eigenvalue weighted by atomic mass is 10.1. The summed E-state index contributed by atoms with van der Waals surface area (Å²) in [4.78, 5) is 14.4. The Kier molecular flexibility index (Phi) is 1.79. The van der Waals surface area contributed by atoms with Crippen LogP contribution in [0.2, 0.25) is 0 Å². The molecule has 4 nitrogen and oxygen atoms in total. The van der Waals surface area contributed by atoms with Gasteiger partial charge in [-0.1, -0.05) is 0 Å². The molecule has 2 aromatic heterocycles. The summed E-state index contributed by atoms with van der Waals surface area (Å²) < 4.78 is 0. The summed E-state index contributed by atoms with van der Waals surface area (Å²) in [7, 11) is 2.14. The van der Waals surface area contributed by atoms with Crippen LogP contribution in [0.15, 0.2) is 6.20 Å². The first kappa shape index (κ1) is 8.85. The molecule has 0 saturated heterocycles. The van der Waals surface area contributed by atoms with Crippen molar-refractivity contribution in [3.8, 4) is 0 Å². The first-order chi connectivity index (χ1) is 7.24. The molecule has 0 amide bonds. The standard InChI is InChI=1S/C11H14N4/c1-7-12-5-9-8-3-4-15(2)6-10(8)14-11(9)13-7/h5H,3-4,6H2,1-2H3,(H,12,13,14). The summed E-state index contributed by atoms with van der Waals surface area (Å²) in [6, 6.07) is 0. The summed E-state index contributed by atoms with van der Waals surface area (Å²) in [5.41, 5.74) is 3.70. The van der Waals surface area contributed by atoms with Crippen molar-refractivity contribution >= 4 is 11.0 Å². The molecule has 15 heavy (non-hydrogen) atoms. The number of nitrogens with one attached hydrogen (secondary N) is 1. The highest BCUT2D eigenvalue weighted by molar-refractivity contribution is 5.80. The van der Waals surface area contributed by atoms with E-state index in [1.165, 1.54) is 16.6 Å². The molecule has 1 aliphatic heterocycles. The second-order valence-corrected chi connectivity index (χ2v) is 4.25. The van der Waals surface area contributed by atoms with Crippen LogP contribution in [0.4, 0.5) is 0 Å². The third-order valence-electron chi connectivity index (χ3n) is 3.04. The van der Waals surface area contributed by atoms with Crippen molar-refractivity contribution in [3.63, 3.8) is 0 Å². The van der Waals surface area contributed by atoms with Gasteiger partial charge in [-0.15, -0.1) is 0 Å². The van der Waals surface area contributed by atoms with Gasteiger partial charge in [0.25, 0.3) is 0 Å². The summed E-state index contributed by atoms with van der Waals surface area (Å²) >= 11 is 0. The molecule has 0 spiro atoms. The van der Waals surface area contributed by atoms with E-state index in [4.69, 9.17) is 0 Å². The Labute approximate surface area is 88.3 Å². The maximum atomic E-state index is 4.42. The van der Waals surface area contributed by atoms with Crippen LogP contribution in [-0.2, 0) is 13.0 Å². The quantitative estimate of drug-likeness (QED) is 0.699. The van der Waals surface area contributed by atoms with Crippen LogP contribution in [-0.4, -0.2) is 33.4 Å². The summed E-state index contributed by atoms with van der Waals surface area (Å²) in [6.45, 7) is 4.03. The highest BCUT2D eigenvalue weighted by Gasteiger charge is 2.18. The Hall–Kier alpha value is -1.42. The van der Waals surface area contributed by atoms with E-state index in [9.17, 15) is 0 Å². The van der Waals surface area contributed by atoms with Crippen molar-refractivity contribution in [1.29, 1.82) is 0 Å². The maximum absolute atomic E-state index is 4.42. The van der Waals surface area contributed by atoms with Gasteiger partial charge in [0.1, 0.15) is 11.5 Å². The Morgan fingerprint density at radius 3 is 3.20 bits per heavy atom. The van der Waals surface area contributed by atoms with Gasteiger partial charge in [-0.25, -0.2) is 9.97 Å². The van der Waals surface area contributed by atoms with Crippen molar-refractivity contribution in [3.05, 3.63) is 23.3 Å². The van der Waals surface area contributed by atoms with Crippen LogP contribution >= 0.6 is 0 Å². The molecule has 0 radical (unpaired) electrons. The first-order valence-corrected chi connectivity index (χ1v) is 5.25. The largest absolute Gasteiger partial charge is 0.342 e. The van der Waals surface area contributed by atoms with E-state index in [0.717, 1.165) is 31.0 Å². The van der Waals surface area contributed by atoms with Crippen LogP contribution in [0, 0.1) is 6.92 Å². The Morgan fingerprint density at radius 2 is 2.33 bits per heavy atom. The van der Waals surface area contributed by atoms with E-state index in [2.05, 4.69) is 26.9 Å². The number of aromatic amines is 1. The first-order valence-electron chi connectivity index (χ1n) is 5.25. The zero-order valence-corrected chi connectivity index (χ0v) is 9.04. The van der Waals surface area contributed by atoms with E-state index in [1.54, 1.807) is 0 Å². The molecule has 2 aromatic rings. The van der Waals surface area contributed by atoms with Crippen molar-refractivity contribution in [2.24, 2.45) is 0 Å². The lowest BCUT2D eigenvalue weighted by Gasteiger charge is -2.21. The fourth-order valence-electron chi connectivity index (χ4n) is 2.24. The molecule has 0 fully saturated rings. The van der Waals surface area contributed by atoms with Gasteiger partial charge in [0.2, 0.25) is 0 Å². The number of hydrogen-bond donors (Lipinski definition) is 1. The van der Waals surface area contributed by atoms with E-state index in [-0.39, 0.29) is 0 Å². The molecule has 1 N–H and O–H groups in total. The molecule has 0 atom stereocenters. The summed E-state index contributed by atoms with van der Waals surface area (Å²) in [6.07, 6.45) is 3.04. The average Bonchev–Trinajstić information content (AvgIpc) is 2.53. The second-order valence-electron chi connectivity index (χ2n) is 4.25. The van der Waals surface area contributed by atoms with Crippen molar-refractivity contribution in [1.82, 2.24) is 19.9 Å². The summed E-state index contributed by atoms with van der Waals surface area (Å²) in [5, 5.41) is 1.20. The van der Waals surface area contributed by atoms with E-state index in [1.807, 2.05) is 13.1 Å². The molecule has 0 unspecified atom stereocenters. The van der Waals surface area contributed by atoms with Gasteiger partial charge in [0.15, 0.2) is 0 Å². The molecule has 78 valence electrons. The topological polar surface area (TPSA) is 44.8 Å². The van der Waals surface area contributed by atoms with Gasteiger partial charge in [-0.2, -0.15) is 0 Å². The minimum atomic E-state index is 0.828. The van der Waals surface area contributed by atoms with Gasteiger partial charge in [0, 0.05) is 30.4 Å². The van der Waals surface area contributed by atoms with Gasteiger partial charge < -0.3 is 9.88 Å². The van der Waals surface area contributed by atoms with Crippen LogP contribution in [0.25, 0.3) is 11.0 Å². The highest BCUT2D eigenvalue weighted by Crippen LogP contribution is 2.25. The van der Waals surface area contributed by atoms with Crippen LogP contribution < -0.4 is 0 Å². The van der Waals surface area contributed by atoms with Crippen molar-refractivity contribution in [2.45, 2.75) is 19.9 Å².